The van der Waals surface area contributed by atoms with Gasteiger partial charge in [-0.3, -0.25) is 9.89 Å². The molecule has 0 spiro atoms. The highest BCUT2D eigenvalue weighted by atomic mass is 16.3. The van der Waals surface area contributed by atoms with Crippen molar-refractivity contribution in [1.82, 2.24) is 9.78 Å². The van der Waals surface area contributed by atoms with Crippen LogP contribution in [-0.2, 0) is 0 Å². The van der Waals surface area contributed by atoms with E-state index in [1.165, 1.54) is 4.68 Å². The van der Waals surface area contributed by atoms with Crippen LogP contribution in [-0.4, -0.2) is 14.9 Å². The number of para-hydroxylation sites is 1. The lowest BCUT2D eigenvalue weighted by molar-refractivity contribution is 0.475. The molecule has 0 bridgehead atoms. The van der Waals surface area contributed by atoms with E-state index in [0.717, 1.165) is 11.3 Å². The van der Waals surface area contributed by atoms with E-state index in [1.807, 2.05) is 30.3 Å². The fourth-order valence-electron chi connectivity index (χ4n) is 2.14. The predicted octanol–water partition coefficient (Wildman–Crippen LogP) is 1.11. The van der Waals surface area contributed by atoms with Gasteiger partial charge >= 0.3 is 0 Å². The fraction of sp³-hybridized carbons (Fsp3) is 0. The van der Waals surface area contributed by atoms with Crippen LogP contribution in [0.3, 0.4) is 0 Å². The average molecular weight is 278 g/mol. The molecule has 0 radical (unpaired) electrons. The van der Waals surface area contributed by atoms with Crippen molar-refractivity contribution in [3.8, 4) is 11.4 Å². The minimum atomic E-state index is -0.153. The third kappa shape index (κ3) is 2.51. The number of nitrogens with zero attached hydrogens (tertiary/aromatic N) is 1. The minimum Gasteiger partial charge on any atom is -0.508 e. The van der Waals surface area contributed by atoms with Gasteiger partial charge in [-0.15, -0.1) is 0 Å². The molecule has 3 aromatic rings. The summed E-state index contributed by atoms with van der Waals surface area (Å²) in [6.07, 6.45) is 1.75. The molecule has 0 saturated heterocycles. The quantitative estimate of drug-likeness (QED) is 0.738. The SMILES string of the molecule is C=c1[nH]n(-c2ccccc2)c(=O)c1=Cc1ccc(O)cc1. The van der Waals surface area contributed by atoms with Crippen molar-refractivity contribution in [3.63, 3.8) is 0 Å². The molecule has 1 heterocycles. The van der Waals surface area contributed by atoms with E-state index >= 15 is 0 Å². The van der Waals surface area contributed by atoms with Crippen LogP contribution in [0.15, 0.2) is 59.4 Å². The molecular weight excluding hydrogens is 264 g/mol. The first-order valence-corrected chi connectivity index (χ1v) is 6.51. The minimum absolute atomic E-state index is 0.153. The lowest BCUT2D eigenvalue weighted by Gasteiger charge is -1.98. The van der Waals surface area contributed by atoms with Crippen LogP contribution in [0.1, 0.15) is 5.56 Å². The summed E-state index contributed by atoms with van der Waals surface area (Å²) in [4.78, 5) is 12.5. The molecule has 4 nitrogen and oxygen atoms in total. The first-order valence-electron chi connectivity index (χ1n) is 6.51. The molecule has 0 aliphatic rings. The third-order valence-electron chi connectivity index (χ3n) is 3.22. The molecule has 0 aliphatic heterocycles. The number of aromatic amines is 1. The predicted molar refractivity (Wildman–Crippen MR) is 82.8 cm³/mol. The van der Waals surface area contributed by atoms with Crippen LogP contribution < -0.4 is 16.1 Å². The van der Waals surface area contributed by atoms with E-state index in [0.29, 0.717) is 10.6 Å². The van der Waals surface area contributed by atoms with Gasteiger partial charge in [0.05, 0.1) is 16.3 Å². The van der Waals surface area contributed by atoms with Crippen molar-refractivity contribution in [2.45, 2.75) is 0 Å². The van der Waals surface area contributed by atoms with Crippen LogP contribution in [0.5, 0.6) is 5.75 Å². The number of H-pyrrole nitrogens is 1. The number of benzene rings is 2. The summed E-state index contributed by atoms with van der Waals surface area (Å²) in [6.45, 7) is 3.88. The summed E-state index contributed by atoms with van der Waals surface area (Å²) in [6, 6.07) is 16.0. The highest BCUT2D eigenvalue weighted by Gasteiger charge is 2.03. The zero-order chi connectivity index (χ0) is 14.8. The Balaban J connectivity index is 2.17. The average Bonchev–Trinajstić information content (AvgIpc) is 2.78. The van der Waals surface area contributed by atoms with Gasteiger partial charge in [0.25, 0.3) is 5.56 Å². The Morgan fingerprint density at radius 1 is 1.05 bits per heavy atom. The molecule has 104 valence electrons. The van der Waals surface area contributed by atoms with Gasteiger partial charge in [0.1, 0.15) is 5.75 Å². The summed E-state index contributed by atoms with van der Waals surface area (Å²) < 4.78 is 1.47. The van der Waals surface area contributed by atoms with E-state index < -0.39 is 0 Å². The van der Waals surface area contributed by atoms with Crippen molar-refractivity contribution in [2.24, 2.45) is 0 Å². The fourth-order valence-corrected chi connectivity index (χ4v) is 2.14. The number of aromatic nitrogens is 2. The van der Waals surface area contributed by atoms with Crippen LogP contribution in [0.4, 0.5) is 0 Å². The maximum Gasteiger partial charge on any atom is 0.279 e. The largest absolute Gasteiger partial charge is 0.508 e. The maximum atomic E-state index is 12.5. The van der Waals surface area contributed by atoms with Crippen molar-refractivity contribution in [3.05, 3.63) is 81.1 Å². The van der Waals surface area contributed by atoms with Gasteiger partial charge < -0.3 is 5.11 Å². The molecule has 21 heavy (non-hydrogen) atoms. The second-order valence-electron chi connectivity index (χ2n) is 4.72. The van der Waals surface area contributed by atoms with Crippen LogP contribution in [0.2, 0.25) is 0 Å². The van der Waals surface area contributed by atoms with Gasteiger partial charge in [-0.1, -0.05) is 36.9 Å². The molecule has 2 aromatic carbocycles. The van der Waals surface area contributed by atoms with E-state index in [-0.39, 0.29) is 11.3 Å². The van der Waals surface area contributed by atoms with E-state index in [1.54, 1.807) is 30.3 Å². The summed E-state index contributed by atoms with van der Waals surface area (Å²) in [5.74, 6) is 0.192. The number of nitrogens with one attached hydrogen (secondary N) is 1. The number of rotatable bonds is 2. The second-order valence-corrected chi connectivity index (χ2v) is 4.72. The topological polar surface area (TPSA) is 58.0 Å². The summed E-state index contributed by atoms with van der Waals surface area (Å²) in [7, 11) is 0. The van der Waals surface area contributed by atoms with E-state index in [4.69, 9.17) is 0 Å². The van der Waals surface area contributed by atoms with Crippen molar-refractivity contribution < 1.29 is 5.11 Å². The normalized spacial score (nSPS) is 11.7. The van der Waals surface area contributed by atoms with Crippen molar-refractivity contribution >= 4 is 12.7 Å². The Hall–Kier alpha value is -3.01. The third-order valence-corrected chi connectivity index (χ3v) is 3.22. The lowest BCUT2D eigenvalue weighted by atomic mass is 10.2. The molecule has 2 N–H and O–H groups in total. The molecular formula is C17H14N2O2. The van der Waals surface area contributed by atoms with Gasteiger partial charge in [-0.2, -0.15) is 0 Å². The number of aromatic hydroxyl groups is 1. The molecule has 1 aromatic heterocycles. The number of hydrogen-bond acceptors (Lipinski definition) is 2. The number of phenols is 1. The molecule has 0 atom stereocenters. The molecule has 0 aliphatic carbocycles. The Bertz CT molecular complexity index is 920. The van der Waals surface area contributed by atoms with Gasteiger partial charge in [-0.05, 0) is 35.9 Å². The first kappa shape index (κ1) is 13.0. The highest BCUT2D eigenvalue weighted by Crippen LogP contribution is 2.09. The molecule has 0 fully saturated rings. The zero-order valence-electron chi connectivity index (χ0n) is 11.3. The molecule has 3 rings (SSSR count). The van der Waals surface area contributed by atoms with Crippen molar-refractivity contribution in [2.75, 3.05) is 0 Å². The lowest BCUT2D eigenvalue weighted by Crippen LogP contribution is -2.33. The highest BCUT2D eigenvalue weighted by molar-refractivity contribution is 5.50. The summed E-state index contributed by atoms with van der Waals surface area (Å²) >= 11 is 0. The monoisotopic (exact) mass is 278 g/mol. The van der Waals surface area contributed by atoms with Crippen LogP contribution in [0, 0.1) is 0 Å². The summed E-state index contributed by atoms with van der Waals surface area (Å²) in [5.41, 5.74) is 1.44. The standard InChI is InChI=1S/C17H14N2O2/c1-12-16(11-13-7-9-15(20)10-8-13)17(21)19(18-12)14-5-3-2-4-6-14/h2-11,18,20H,1H2. The Kier molecular flexibility index (Phi) is 3.20. The number of hydrogen-bond donors (Lipinski definition) is 2. The first-order chi connectivity index (χ1) is 10.1. The van der Waals surface area contributed by atoms with Gasteiger partial charge in [0, 0.05) is 0 Å². The smallest absolute Gasteiger partial charge is 0.279 e. The maximum absolute atomic E-state index is 12.5. The van der Waals surface area contributed by atoms with E-state index in [9.17, 15) is 9.90 Å². The van der Waals surface area contributed by atoms with Crippen molar-refractivity contribution in [1.29, 1.82) is 0 Å². The van der Waals surface area contributed by atoms with Crippen LogP contribution >= 0.6 is 0 Å². The molecule has 0 saturated carbocycles. The Morgan fingerprint density at radius 2 is 1.71 bits per heavy atom. The van der Waals surface area contributed by atoms with E-state index in [2.05, 4.69) is 11.7 Å². The zero-order valence-corrected chi connectivity index (χ0v) is 11.3. The Morgan fingerprint density at radius 3 is 2.38 bits per heavy atom. The van der Waals surface area contributed by atoms with Crippen LogP contribution in [0.25, 0.3) is 18.3 Å². The van der Waals surface area contributed by atoms with Gasteiger partial charge in [-0.25, -0.2) is 4.68 Å². The van der Waals surface area contributed by atoms with Gasteiger partial charge in [0.15, 0.2) is 0 Å². The Labute approximate surface area is 120 Å². The molecule has 0 unspecified atom stereocenters. The number of phenolic OH excluding ortho intramolecular Hbond substituents is 1. The second kappa shape index (κ2) is 5.17. The van der Waals surface area contributed by atoms with Gasteiger partial charge in [0.2, 0.25) is 0 Å². The molecule has 4 heteroatoms. The summed E-state index contributed by atoms with van der Waals surface area (Å²) in [5, 5.41) is 13.3. The molecule has 0 amide bonds.